The minimum absolute atomic E-state index is 0.338. The molecule has 2 aromatic rings. The van der Waals surface area contributed by atoms with Crippen molar-refractivity contribution in [2.75, 3.05) is 11.9 Å². The van der Waals surface area contributed by atoms with Gasteiger partial charge in [0.05, 0.1) is 12.2 Å². The maximum Gasteiger partial charge on any atom is 0.412 e. The standard InChI is InChI=1S/C18H22N2O4/c1-5-23-16(21)13-10-15(19-11-13)12-6-8-14(9-7-12)20-17(22)24-18(2,3)4/h6-11,19H,5H2,1-4H3,(H,20,22). The fraction of sp³-hybridized carbons (Fsp3) is 0.333. The number of carbonyl (C=O) groups is 2. The molecule has 0 bridgehead atoms. The predicted octanol–water partition coefficient (Wildman–Crippen LogP) is 4.21. The first-order chi connectivity index (χ1) is 11.3. The summed E-state index contributed by atoms with van der Waals surface area (Å²) in [5, 5.41) is 2.67. The van der Waals surface area contributed by atoms with Crippen LogP contribution in [0.5, 0.6) is 0 Å². The molecule has 1 aromatic heterocycles. The first kappa shape index (κ1) is 17.6. The molecule has 24 heavy (non-hydrogen) atoms. The topological polar surface area (TPSA) is 80.4 Å². The normalized spacial score (nSPS) is 11.0. The molecule has 0 aliphatic carbocycles. The molecule has 1 aromatic carbocycles. The molecule has 0 radical (unpaired) electrons. The first-order valence-electron chi connectivity index (χ1n) is 7.74. The molecule has 0 aliphatic heterocycles. The van der Waals surface area contributed by atoms with E-state index in [4.69, 9.17) is 9.47 Å². The van der Waals surface area contributed by atoms with Crippen LogP contribution in [0.4, 0.5) is 10.5 Å². The van der Waals surface area contributed by atoms with Gasteiger partial charge < -0.3 is 14.5 Å². The van der Waals surface area contributed by atoms with Crippen LogP contribution in [0.3, 0.4) is 0 Å². The Balaban J connectivity index is 2.04. The minimum atomic E-state index is -0.544. The SMILES string of the molecule is CCOC(=O)c1c[nH]c(-c2ccc(NC(=O)OC(C)(C)C)cc2)c1. The number of H-pyrrole nitrogens is 1. The van der Waals surface area contributed by atoms with Crippen LogP contribution in [0.1, 0.15) is 38.1 Å². The molecule has 0 fully saturated rings. The van der Waals surface area contributed by atoms with E-state index in [1.54, 1.807) is 31.3 Å². The highest BCUT2D eigenvalue weighted by Gasteiger charge is 2.16. The lowest BCUT2D eigenvalue weighted by Crippen LogP contribution is -2.27. The maximum absolute atomic E-state index is 11.7. The molecule has 6 nitrogen and oxygen atoms in total. The molecule has 0 aliphatic rings. The van der Waals surface area contributed by atoms with Gasteiger partial charge in [0.25, 0.3) is 0 Å². The van der Waals surface area contributed by atoms with Crippen LogP contribution >= 0.6 is 0 Å². The number of carbonyl (C=O) groups excluding carboxylic acids is 2. The van der Waals surface area contributed by atoms with Gasteiger partial charge in [-0.25, -0.2) is 9.59 Å². The second-order valence-electron chi connectivity index (χ2n) is 6.23. The van der Waals surface area contributed by atoms with E-state index >= 15 is 0 Å². The van der Waals surface area contributed by atoms with Gasteiger partial charge in [-0.05, 0) is 51.5 Å². The van der Waals surface area contributed by atoms with Crippen LogP contribution in [-0.2, 0) is 9.47 Å². The zero-order chi connectivity index (χ0) is 17.7. The van der Waals surface area contributed by atoms with Gasteiger partial charge in [-0.1, -0.05) is 12.1 Å². The number of anilines is 1. The predicted molar refractivity (Wildman–Crippen MR) is 92.0 cm³/mol. The van der Waals surface area contributed by atoms with Gasteiger partial charge in [-0.15, -0.1) is 0 Å². The Hall–Kier alpha value is -2.76. The van der Waals surface area contributed by atoms with Crippen molar-refractivity contribution in [3.8, 4) is 11.3 Å². The lowest BCUT2D eigenvalue weighted by atomic mass is 10.1. The molecule has 0 atom stereocenters. The summed E-state index contributed by atoms with van der Waals surface area (Å²) in [5.41, 5.74) is 2.24. The molecule has 0 unspecified atom stereocenters. The highest BCUT2D eigenvalue weighted by Crippen LogP contribution is 2.22. The second-order valence-corrected chi connectivity index (χ2v) is 6.23. The van der Waals surface area contributed by atoms with Crippen molar-refractivity contribution in [2.24, 2.45) is 0 Å². The van der Waals surface area contributed by atoms with Gasteiger partial charge >= 0.3 is 12.1 Å². The third kappa shape index (κ3) is 4.87. The van der Waals surface area contributed by atoms with Gasteiger partial charge in [-0.2, -0.15) is 0 Å². The lowest BCUT2D eigenvalue weighted by molar-refractivity contribution is 0.0525. The molecular weight excluding hydrogens is 308 g/mol. The average molecular weight is 330 g/mol. The van der Waals surface area contributed by atoms with E-state index in [0.717, 1.165) is 11.3 Å². The summed E-state index contributed by atoms with van der Waals surface area (Å²) in [7, 11) is 0. The Kier molecular flexibility index (Phi) is 5.28. The van der Waals surface area contributed by atoms with Crippen LogP contribution in [0, 0.1) is 0 Å². The third-order valence-electron chi connectivity index (χ3n) is 3.04. The van der Waals surface area contributed by atoms with E-state index in [-0.39, 0.29) is 5.97 Å². The monoisotopic (exact) mass is 330 g/mol. The number of benzene rings is 1. The van der Waals surface area contributed by atoms with E-state index in [1.165, 1.54) is 0 Å². The summed E-state index contributed by atoms with van der Waals surface area (Å²) in [6.45, 7) is 7.53. The number of aromatic amines is 1. The summed E-state index contributed by atoms with van der Waals surface area (Å²) in [4.78, 5) is 26.4. The van der Waals surface area contributed by atoms with E-state index in [0.29, 0.717) is 17.9 Å². The zero-order valence-electron chi connectivity index (χ0n) is 14.3. The number of amides is 1. The minimum Gasteiger partial charge on any atom is -0.462 e. The molecule has 2 N–H and O–H groups in total. The number of ether oxygens (including phenoxy) is 2. The van der Waals surface area contributed by atoms with Crippen molar-refractivity contribution >= 4 is 17.7 Å². The number of esters is 1. The Morgan fingerprint density at radius 1 is 1.17 bits per heavy atom. The van der Waals surface area contributed by atoms with Crippen LogP contribution in [0.25, 0.3) is 11.3 Å². The number of hydrogen-bond donors (Lipinski definition) is 2. The van der Waals surface area contributed by atoms with Crippen LogP contribution in [0.2, 0.25) is 0 Å². The number of rotatable bonds is 4. The van der Waals surface area contributed by atoms with E-state index < -0.39 is 11.7 Å². The first-order valence-corrected chi connectivity index (χ1v) is 7.74. The van der Waals surface area contributed by atoms with Gasteiger partial charge in [0, 0.05) is 17.6 Å². The van der Waals surface area contributed by atoms with Crippen molar-refractivity contribution in [3.63, 3.8) is 0 Å². The summed E-state index contributed by atoms with van der Waals surface area (Å²) in [6.07, 6.45) is 1.11. The Morgan fingerprint density at radius 2 is 1.83 bits per heavy atom. The molecular formula is C18H22N2O4. The number of nitrogens with one attached hydrogen (secondary N) is 2. The van der Waals surface area contributed by atoms with Crippen LogP contribution < -0.4 is 5.32 Å². The van der Waals surface area contributed by atoms with Gasteiger partial charge in [0.15, 0.2) is 0 Å². The van der Waals surface area contributed by atoms with Crippen LogP contribution in [-0.4, -0.2) is 29.3 Å². The Bertz CT molecular complexity index is 711. The van der Waals surface area contributed by atoms with E-state index in [9.17, 15) is 9.59 Å². The van der Waals surface area contributed by atoms with Crippen molar-refractivity contribution in [1.29, 1.82) is 0 Å². The quantitative estimate of drug-likeness (QED) is 0.823. The molecule has 2 rings (SSSR count). The van der Waals surface area contributed by atoms with Crippen molar-refractivity contribution in [3.05, 3.63) is 42.1 Å². The molecule has 1 amide bonds. The molecule has 0 spiro atoms. The van der Waals surface area contributed by atoms with Crippen molar-refractivity contribution in [2.45, 2.75) is 33.3 Å². The van der Waals surface area contributed by atoms with Gasteiger partial charge in [-0.3, -0.25) is 5.32 Å². The fourth-order valence-electron chi connectivity index (χ4n) is 2.05. The van der Waals surface area contributed by atoms with Gasteiger partial charge in [0.2, 0.25) is 0 Å². The summed E-state index contributed by atoms with van der Waals surface area (Å²) < 4.78 is 10.2. The fourth-order valence-corrected chi connectivity index (χ4v) is 2.05. The third-order valence-corrected chi connectivity index (χ3v) is 3.04. The zero-order valence-corrected chi connectivity index (χ0v) is 14.3. The second kappa shape index (κ2) is 7.21. The van der Waals surface area contributed by atoms with Gasteiger partial charge in [0.1, 0.15) is 5.60 Å². The molecule has 0 saturated carbocycles. The largest absolute Gasteiger partial charge is 0.462 e. The maximum atomic E-state index is 11.7. The Morgan fingerprint density at radius 3 is 2.42 bits per heavy atom. The molecule has 128 valence electrons. The van der Waals surface area contributed by atoms with E-state index in [1.807, 2.05) is 32.9 Å². The number of aromatic nitrogens is 1. The van der Waals surface area contributed by atoms with Crippen LogP contribution in [0.15, 0.2) is 36.5 Å². The van der Waals surface area contributed by atoms with Crippen molar-refractivity contribution in [1.82, 2.24) is 4.98 Å². The highest BCUT2D eigenvalue weighted by molar-refractivity contribution is 5.91. The number of hydrogen-bond acceptors (Lipinski definition) is 4. The smallest absolute Gasteiger partial charge is 0.412 e. The van der Waals surface area contributed by atoms with E-state index in [2.05, 4.69) is 10.3 Å². The summed E-state index contributed by atoms with van der Waals surface area (Å²) in [5.74, 6) is -0.358. The Labute approximate surface area is 141 Å². The molecule has 6 heteroatoms. The average Bonchev–Trinajstić information content (AvgIpc) is 2.96. The summed E-state index contributed by atoms with van der Waals surface area (Å²) in [6, 6.07) is 8.95. The summed E-state index contributed by atoms with van der Waals surface area (Å²) >= 11 is 0. The highest BCUT2D eigenvalue weighted by atomic mass is 16.6. The molecule has 1 heterocycles. The van der Waals surface area contributed by atoms with Crippen molar-refractivity contribution < 1.29 is 19.1 Å². The molecule has 0 saturated heterocycles. The lowest BCUT2D eigenvalue weighted by Gasteiger charge is -2.19.